The lowest BCUT2D eigenvalue weighted by Gasteiger charge is -2.21. The molecule has 1 atom stereocenters. The summed E-state index contributed by atoms with van der Waals surface area (Å²) in [5, 5.41) is 2.88. The molecule has 30 heavy (non-hydrogen) atoms. The van der Waals surface area contributed by atoms with Crippen LogP contribution in [0.15, 0.2) is 65.1 Å². The largest absolute Gasteiger partial charge is 0.455 e. The molecule has 2 aromatic carbocycles. The number of carbonyl (C=O) groups excluding carboxylic acids is 1. The zero-order valence-corrected chi connectivity index (χ0v) is 17.2. The van der Waals surface area contributed by atoms with Gasteiger partial charge in [0.15, 0.2) is 5.76 Å². The van der Waals surface area contributed by atoms with Crippen LogP contribution in [-0.4, -0.2) is 16.8 Å². The van der Waals surface area contributed by atoms with Crippen molar-refractivity contribution in [3.8, 4) is 0 Å². The van der Waals surface area contributed by atoms with Gasteiger partial charge in [-0.25, -0.2) is 8.78 Å². The molecule has 6 heteroatoms. The highest BCUT2D eigenvalue weighted by molar-refractivity contribution is 5.91. The molecule has 0 saturated heterocycles. The highest BCUT2D eigenvalue weighted by Gasteiger charge is 2.16. The molecule has 0 aliphatic rings. The summed E-state index contributed by atoms with van der Waals surface area (Å²) in [6, 6.07) is 16.2. The molecule has 0 bridgehead atoms. The standard InChI is InChI=1S/C24H26F2N2O2/c1-3-17(2)27-24(29)23-12-11-22(30-23)16-28(14-18-7-9-20(25)10-8-18)15-19-5-4-6-21(26)13-19/h4-13,17H,3,14-16H2,1-2H3,(H,27,29). The number of furan rings is 1. The number of amides is 1. The predicted molar refractivity (Wildman–Crippen MR) is 112 cm³/mol. The molecular weight excluding hydrogens is 386 g/mol. The maximum Gasteiger partial charge on any atom is 0.287 e. The first-order valence-corrected chi connectivity index (χ1v) is 10.0. The molecule has 1 aromatic heterocycles. The lowest BCUT2D eigenvalue weighted by atomic mass is 10.1. The predicted octanol–water partition coefficient (Wildman–Crippen LogP) is 5.29. The molecule has 0 aliphatic carbocycles. The molecule has 0 saturated carbocycles. The van der Waals surface area contributed by atoms with Gasteiger partial charge in [0.2, 0.25) is 0 Å². The van der Waals surface area contributed by atoms with E-state index < -0.39 is 0 Å². The van der Waals surface area contributed by atoms with Gasteiger partial charge in [-0.05, 0) is 60.9 Å². The van der Waals surface area contributed by atoms with Crippen molar-refractivity contribution in [2.45, 2.75) is 45.9 Å². The van der Waals surface area contributed by atoms with Crippen molar-refractivity contribution in [2.75, 3.05) is 0 Å². The van der Waals surface area contributed by atoms with Crippen molar-refractivity contribution in [3.63, 3.8) is 0 Å². The minimum Gasteiger partial charge on any atom is -0.455 e. The van der Waals surface area contributed by atoms with E-state index in [-0.39, 0.29) is 29.3 Å². The molecule has 0 radical (unpaired) electrons. The summed E-state index contributed by atoms with van der Waals surface area (Å²) in [5.74, 6) is 0.0566. The minimum atomic E-state index is -0.295. The van der Waals surface area contributed by atoms with E-state index in [0.717, 1.165) is 17.5 Å². The number of benzene rings is 2. The first kappa shape index (κ1) is 21.7. The molecule has 1 N–H and O–H groups in total. The van der Waals surface area contributed by atoms with Gasteiger partial charge in [0.1, 0.15) is 17.4 Å². The molecule has 0 aliphatic heterocycles. The summed E-state index contributed by atoms with van der Waals surface area (Å²) in [6.45, 7) is 5.35. The number of rotatable bonds is 9. The van der Waals surface area contributed by atoms with E-state index >= 15 is 0 Å². The monoisotopic (exact) mass is 412 g/mol. The molecule has 158 valence electrons. The Morgan fingerprint density at radius 2 is 1.70 bits per heavy atom. The summed E-state index contributed by atoms with van der Waals surface area (Å²) in [4.78, 5) is 14.3. The van der Waals surface area contributed by atoms with Crippen LogP contribution < -0.4 is 5.32 Å². The summed E-state index contributed by atoms with van der Waals surface area (Å²) < 4.78 is 32.6. The molecule has 0 spiro atoms. The second-order valence-corrected chi connectivity index (χ2v) is 7.45. The molecule has 3 rings (SSSR count). The number of halogens is 2. The Balaban J connectivity index is 1.74. The van der Waals surface area contributed by atoms with Crippen molar-refractivity contribution >= 4 is 5.91 Å². The second-order valence-electron chi connectivity index (χ2n) is 7.45. The Morgan fingerprint density at radius 3 is 2.40 bits per heavy atom. The fourth-order valence-electron chi connectivity index (χ4n) is 3.11. The van der Waals surface area contributed by atoms with Crippen LogP contribution in [0.4, 0.5) is 8.78 Å². The molecular formula is C24H26F2N2O2. The van der Waals surface area contributed by atoms with E-state index in [2.05, 4.69) is 10.2 Å². The molecule has 1 heterocycles. The Bertz CT molecular complexity index is 969. The SMILES string of the molecule is CCC(C)NC(=O)c1ccc(CN(Cc2ccc(F)cc2)Cc2cccc(F)c2)o1. The fourth-order valence-corrected chi connectivity index (χ4v) is 3.11. The highest BCUT2D eigenvalue weighted by atomic mass is 19.1. The van der Waals surface area contributed by atoms with Crippen molar-refractivity contribution in [1.82, 2.24) is 10.2 Å². The van der Waals surface area contributed by atoms with Crippen LogP contribution in [0.5, 0.6) is 0 Å². The number of nitrogens with one attached hydrogen (secondary N) is 1. The van der Waals surface area contributed by atoms with Gasteiger partial charge in [-0.2, -0.15) is 0 Å². The minimum absolute atomic E-state index is 0.0639. The molecule has 4 nitrogen and oxygen atoms in total. The Kier molecular flexibility index (Phi) is 7.36. The van der Waals surface area contributed by atoms with E-state index in [1.165, 1.54) is 24.3 Å². The van der Waals surface area contributed by atoms with E-state index in [4.69, 9.17) is 4.42 Å². The second kappa shape index (κ2) is 10.2. The first-order valence-electron chi connectivity index (χ1n) is 10.0. The Hall–Kier alpha value is -2.99. The third-order valence-corrected chi connectivity index (χ3v) is 4.87. The quantitative estimate of drug-likeness (QED) is 0.520. The maximum atomic E-state index is 13.6. The Morgan fingerprint density at radius 1 is 0.967 bits per heavy atom. The summed E-state index contributed by atoms with van der Waals surface area (Å²) in [7, 11) is 0. The average Bonchev–Trinajstić information content (AvgIpc) is 3.18. The van der Waals surface area contributed by atoms with Crippen molar-refractivity contribution in [1.29, 1.82) is 0 Å². The van der Waals surface area contributed by atoms with Gasteiger partial charge < -0.3 is 9.73 Å². The van der Waals surface area contributed by atoms with Gasteiger partial charge >= 0.3 is 0 Å². The lowest BCUT2D eigenvalue weighted by Crippen LogP contribution is -2.31. The summed E-state index contributed by atoms with van der Waals surface area (Å²) >= 11 is 0. The van der Waals surface area contributed by atoms with Crippen LogP contribution in [0.25, 0.3) is 0 Å². The zero-order chi connectivity index (χ0) is 21.5. The van der Waals surface area contributed by atoms with Crippen molar-refractivity contribution in [2.24, 2.45) is 0 Å². The number of hydrogen-bond acceptors (Lipinski definition) is 3. The number of nitrogens with zero attached hydrogens (tertiary/aromatic N) is 1. The average molecular weight is 412 g/mol. The van der Waals surface area contributed by atoms with Crippen LogP contribution in [0.2, 0.25) is 0 Å². The third-order valence-electron chi connectivity index (χ3n) is 4.87. The molecule has 1 amide bonds. The van der Waals surface area contributed by atoms with E-state index in [1.54, 1.807) is 30.3 Å². The van der Waals surface area contributed by atoms with Crippen LogP contribution in [-0.2, 0) is 19.6 Å². The molecule has 1 unspecified atom stereocenters. The fraction of sp³-hybridized carbons (Fsp3) is 0.292. The normalized spacial score (nSPS) is 12.2. The Labute approximate surface area is 175 Å². The van der Waals surface area contributed by atoms with Gasteiger partial charge in [-0.15, -0.1) is 0 Å². The van der Waals surface area contributed by atoms with Gasteiger partial charge in [0.05, 0.1) is 6.54 Å². The topological polar surface area (TPSA) is 45.5 Å². The van der Waals surface area contributed by atoms with Crippen LogP contribution in [0.1, 0.15) is 47.7 Å². The summed E-state index contributed by atoms with van der Waals surface area (Å²) in [5.41, 5.74) is 1.74. The van der Waals surface area contributed by atoms with E-state index in [9.17, 15) is 13.6 Å². The van der Waals surface area contributed by atoms with Gasteiger partial charge in [-0.3, -0.25) is 9.69 Å². The highest BCUT2D eigenvalue weighted by Crippen LogP contribution is 2.17. The van der Waals surface area contributed by atoms with Gasteiger partial charge in [0.25, 0.3) is 5.91 Å². The van der Waals surface area contributed by atoms with E-state index in [1.807, 2.05) is 19.9 Å². The number of hydrogen-bond donors (Lipinski definition) is 1. The van der Waals surface area contributed by atoms with Gasteiger partial charge in [0, 0.05) is 19.1 Å². The number of carbonyl (C=O) groups is 1. The van der Waals surface area contributed by atoms with Crippen LogP contribution in [0, 0.1) is 11.6 Å². The van der Waals surface area contributed by atoms with Crippen molar-refractivity contribution in [3.05, 3.63) is 94.9 Å². The van der Waals surface area contributed by atoms with Gasteiger partial charge in [-0.1, -0.05) is 31.2 Å². The smallest absolute Gasteiger partial charge is 0.287 e. The molecule has 0 fully saturated rings. The van der Waals surface area contributed by atoms with Crippen molar-refractivity contribution < 1.29 is 18.0 Å². The van der Waals surface area contributed by atoms with E-state index in [0.29, 0.717) is 25.4 Å². The summed E-state index contributed by atoms with van der Waals surface area (Å²) in [6.07, 6.45) is 0.832. The first-order chi connectivity index (χ1) is 14.4. The lowest BCUT2D eigenvalue weighted by molar-refractivity contribution is 0.0906. The van der Waals surface area contributed by atoms with Crippen LogP contribution in [0.3, 0.4) is 0 Å². The third kappa shape index (κ3) is 6.26. The zero-order valence-electron chi connectivity index (χ0n) is 17.2. The van der Waals surface area contributed by atoms with Crippen LogP contribution >= 0.6 is 0 Å². The maximum absolute atomic E-state index is 13.6. The molecule has 3 aromatic rings.